The van der Waals surface area contributed by atoms with Crippen molar-refractivity contribution in [3.05, 3.63) is 0 Å². The molecule has 0 saturated carbocycles. The van der Waals surface area contributed by atoms with E-state index in [9.17, 15) is 4.79 Å². The molecule has 3 rings (SSSR count). The van der Waals surface area contributed by atoms with Crippen molar-refractivity contribution in [3.63, 3.8) is 0 Å². The topological polar surface area (TPSA) is 50.6 Å². The zero-order chi connectivity index (χ0) is 12.7. The summed E-state index contributed by atoms with van der Waals surface area (Å²) < 4.78 is 0. The fraction of sp³-hybridized carbons (Fsp3) is 0.846. The Hall–Kier alpha value is -1.12. The van der Waals surface area contributed by atoms with Crippen LogP contribution in [0.1, 0.15) is 19.3 Å². The zero-order valence-corrected chi connectivity index (χ0v) is 10.9. The number of nitrogens with zero attached hydrogens (tertiary/aromatic N) is 4. The summed E-state index contributed by atoms with van der Waals surface area (Å²) >= 11 is 0. The van der Waals surface area contributed by atoms with E-state index in [1.54, 1.807) is 0 Å². The minimum absolute atomic E-state index is 0.00442. The molecule has 0 N–H and O–H groups in total. The number of nitriles is 1. The number of hydrogen-bond acceptors (Lipinski definition) is 4. The molecule has 3 fully saturated rings. The number of likely N-dealkylation sites (N-methyl/N-ethyl adjacent to an activating group) is 1. The minimum Gasteiger partial charge on any atom is -0.339 e. The largest absolute Gasteiger partial charge is 0.339 e. The molecule has 0 aliphatic carbocycles. The van der Waals surface area contributed by atoms with Gasteiger partial charge in [-0.1, -0.05) is 0 Å². The zero-order valence-electron chi connectivity index (χ0n) is 10.9. The highest BCUT2D eigenvalue weighted by Crippen LogP contribution is 2.34. The summed E-state index contributed by atoms with van der Waals surface area (Å²) in [6.45, 7) is 3.99. The molecule has 98 valence electrons. The molecule has 2 bridgehead atoms. The van der Waals surface area contributed by atoms with Crippen LogP contribution in [0.25, 0.3) is 0 Å². The highest BCUT2D eigenvalue weighted by Gasteiger charge is 2.46. The van der Waals surface area contributed by atoms with Gasteiger partial charge >= 0.3 is 0 Å². The standard InChI is InChI=1S/C13H20N4O/c1-15-6-10-2-3-11(7-15)17(10)12-8-16(9-12)13(18)4-5-14/h10-12H,2-4,6-9H2,1H3. The summed E-state index contributed by atoms with van der Waals surface area (Å²) in [6.07, 6.45) is 2.64. The van der Waals surface area contributed by atoms with E-state index in [1.807, 2.05) is 11.0 Å². The first-order valence-corrected chi connectivity index (χ1v) is 6.79. The third-order valence-corrected chi connectivity index (χ3v) is 4.59. The van der Waals surface area contributed by atoms with Gasteiger partial charge in [0.2, 0.25) is 5.91 Å². The van der Waals surface area contributed by atoms with E-state index < -0.39 is 0 Å². The molecular formula is C13H20N4O. The van der Waals surface area contributed by atoms with Gasteiger partial charge in [0.05, 0.1) is 6.07 Å². The summed E-state index contributed by atoms with van der Waals surface area (Å²) in [5.74, 6) is -0.00442. The van der Waals surface area contributed by atoms with Crippen molar-refractivity contribution in [1.82, 2.24) is 14.7 Å². The molecule has 3 heterocycles. The maximum atomic E-state index is 11.6. The molecule has 0 spiro atoms. The Morgan fingerprint density at radius 2 is 1.78 bits per heavy atom. The molecule has 0 aromatic rings. The van der Waals surface area contributed by atoms with E-state index in [2.05, 4.69) is 16.8 Å². The second-order valence-corrected chi connectivity index (χ2v) is 5.84. The number of amides is 1. The minimum atomic E-state index is -0.00442. The summed E-state index contributed by atoms with van der Waals surface area (Å²) in [7, 11) is 2.20. The number of carbonyl (C=O) groups is 1. The molecule has 3 aliphatic rings. The molecule has 5 nitrogen and oxygen atoms in total. The summed E-state index contributed by atoms with van der Waals surface area (Å²) in [5, 5.41) is 8.53. The first kappa shape index (κ1) is 11.9. The van der Waals surface area contributed by atoms with Gasteiger partial charge in [-0.2, -0.15) is 5.26 Å². The Labute approximate surface area is 108 Å². The smallest absolute Gasteiger partial charge is 0.236 e. The number of fused-ring (bicyclic) bond motifs is 2. The Morgan fingerprint density at radius 1 is 1.17 bits per heavy atom. The Morgan fingerprint density at radius 3 is 2.33 bits per heavy atom. The van der Waals surface area contributed by atoms with Crippen molar-refractivity contribution in [2.75, 3.05) is 33.2 Å². The Balaban J connectivity index is 1.56. The first-order chi connectivity index (χ1) is 8.69. The van der Waals surface area contributed by atoms with Gasteiger partial charge in [-0.05, 0) is 19.9 Å². The van der Waals surface area contributed by atoms with E-state index in [0.29, 0.717) is 18.1 Å². The molecule has 18 heavy (non-hydrogen) atoms. The summed E-state index contributed by atoms with van der Waals surface area (Å²) in [5.41, 5.74) is 0. The molecule has 1 amide bonds. The van der Waals surface area contributed by atoms with Gasteiger partial charge in [0.25, 0.3) is 0 Å². The molecule has 3 aliphatic heterocycles. The fourth-order valence-electron chi connectivity index (χ4n) is 3.77. The van der Waals surface area contributed by atoms with Gasteiger partial charge in [-0.25, -0.2) is 0 Å². The fourth-order valence-corrected chi connectivity index (χ4v) is 3.77. The van der Waals surface area contributed by atoms with Crippen LogP contribution >= 0.6 is 0 Å². The van der Waals surface area contributed by atoms with Gasteiger partial charge < -0.3 is 9.80 Å². The van der Waals surface area contributed by atoms with Crippen LogP contribution in [0.5, 0.6) is 0 Å². The predicted molar refractivity (Wildman–Crippen MR) is 66.7 cm³/mol. The van der Waals surface area contributed by atoms with E-state index in [1.165, 1.54) is 25.9 Å². The van der Waals surface area contributed by atoms with E-state index in [4.69, 9.17) is 5.26 Å². The van der Waals surface area contributed by atoms with Crippen LogP contribution in [-0.2, 0) is 4.79 Å². The van der Waals surface area contributed by atoms with Crippen molar-refractivity contribution < 1.29 is 4.79 Å². The molecule has 0 aromatic carbocycles. The third-order valence-electron chi connectivity index (χ3n) is 4.59. The van der Waals surface area contributed by atoms with E-state index >= 15 is 0 Å². The third kappa shape index (κ3) is 1.90. The predicted octanol–water partition coefficient (Wildman–Crippen LogP) is -0.111. The van der Waals surface area contributed by atoms with Crippen molar-refractivity contribution in [3.8, 4) is 6.07 Å². The lowest BCUT2D eigenvalue weighted by molar-refractivity contribution is -0.139. The van der Waals surface area contributed by atoms with Crippen LogP contribution in [0, 0.1) is 11.3 Å². The molecule has 2 atom stereocenters. The molecular weight excluding hydrogens is 228 g/mol. The van der Waals surface area contributed by atoms with Crippen LogP contribution in [0.2, 0.25) is 0 Å². The Bertz CT molecular complexity index is 371. The van der Waals surface area contributed by atoms with Crippen LogP contribution in [0.15, 0.2) is 0 Å². The van der Waals surface area contributed by atoms with Crippen LogP contribution in [-0.4, -0.2) is 72.0 Å². The molecule has 3 saturated heterocycles. The molecule has 2 unspecified atom stereocenters. The number of likely N-dealkylation sites (tertiary alicyclic amines) is 2. The summed E-state index contributed by atoms with van der Waals surface area (Å²) in [4.78, 5) is 18.5. The average Bonchev–Trinajstić information content (AvgIpc) is 2.52. The number of piperazine rings is 1. The van der Waals surface area contributed by atoms with Crippen molar-refractivity contribution in [2.24, 2.45) is 0 Å². The van der Waals surface area contributed by atoms with Gasteiger partial charge in [0, 0.05) is 44.3 Å². The van der Waals surface area contributed by atoms with Crippen molar-refractivity contribution in [1.29, 1.82) is 5.26 Å². The Kier molecular flexibility index (Phi) is 3.00. The number of carbonyl (C=O) groups excluding carboxylic acids is 1. The molecule has 0 aromatic heterocycles. The number of rotatable bonds is 2. The van der Waals surface area contributed by atoms with Gasteiger partial charge in [-0.15, -0.1) is 0 Å². The quantitative estimate of drug-likeness (QED) is 0.684. The highest BCUT2D eigenvalue weighted by atomic mass is 16.2. The highest BCUT2D eigenvalue weighted by molar-refractivity contribution is 5.79. The van der Waals surface area contributed by atoms with Gasteiger partial charge in [0.1, 0.15) is 6.42 Å². The van der Waals surface area contributed by atoms with Gasteiger partial charge in [0.15, 0.2) is 0 Å². The molecule has 5 heteroatoms. The first-order valence-electron chi connectivity index (χ1n) is 6.79. The lowest BCUT2D eigenvalue weighted by atomic mass is 10.0. The van der Waals surface area contributed by atoms with Crippen LogP contribution < -0.4 is 0 Å². The second kappa shape index (κ2) is 4.52. The second-order valence-electron chi connectivity index (χ2n) is 5.84. The lowest BCUT2D eigenvalue weighted by Crippen LogP contribution is -2.67. The monoisotopic (exact) mass is 248 g/mol. The van der Waals surface area contributed by atoms with Crippen molar-refractivity contribution in [2.45, 2.75) is 37.4 Å². The summed E-state index contributed by atoms with van der Waals surface area (Å²) in [6, 6.07) is 3.85. The van der Waals surface area contributed by atoms with Gasteiger partial charge in [-0.3, -0.25) is 9.69 Å². The molecule has 0 radical (unpaired) electrons. The normalized spacial score (nSPS) is 33.2. The van der Waals surface area contributed by atoms with Crippen molar-refractivity contribution >= 4 is 5.91 Å². The SMILES string of the molecule is CN1CC2CCC(C1)N2C1CN(C(=O)CC#N)C1. The number of hydrogen-bond donors (Lipinski definition) is 0. The maximum Gasteiger partial charge on any atom is 0.236 e. The lowest BCUT2D eigenvalue weighted by Gasteiger charge is -2.51. The average molecular weight is 248 g/mol. The maximum absolute atomic E-state index is 11.6. The van der Waals surface area contributed by atoms with Crippen LogP contribution in [0.4, 0.5) is 0 Å². The van der Waals surface area contributed by atoms with E-state index in [-0.39, 0.29) is 12.3 Å². The van der Waals surface area contributed by atoms with E-state index in [0.717, 1.165) is 13.1 Å². The van der Waals surface area contributed by atoms with Crippen LogP contribution in [0.3, 0.4) is 0 Å².